The summed E-state index contributed by atoms with van der Waals surface area (Å²) in [6.07, 6.45) is 3.47. The van der Waals surface area contributed by atoms with E-state index in [9.17, 15) is 14.8 Å². The van der Waals surface area contributed by atoms with Gasteiger partial charge in [0.15, 0.2) is 29.9 Å². The van der Waals surface area contributed by atoms with Gasteiger partial charge in [0.05, 0.1) is 19.8 Å². The van der Waals surface area contributed by atoms with Crippen LogP contribution in [0.25, 0.3) is 0 Å². The van der Waals surface area contributed by atoms with E-state index in [2.05, 4.69) is 10.2 Å². The van der Waals surface area contributed by atoms with Crippen molar-refractivity contribution in [2.24, 2.45) is 5.92 Å². The molecule has 3 aliphatic rings. The number of rotatable bonds is 12. The Bertz CT molecular complexity index is 1780. The van der Waals surface area contributed by atoms with Gasteiger partial charge in [0, 0.05) is 24.2 Å². The summed E-state index contributed by atoms with van der Waals surface area (Å²) in [7, 11) is 3.03. The molecule has 0 aliphatic carbocycles. The van der Waals surface area contributed by atoms with Crippen LogP contribution in [0.3, 0.4) is 0 Å². The van der Waals surface area contributed by atoms with Gasteiger partial charge in [0.2, 0.25) is 0 Å². The molecular formula is C37H37Cl2N3O7. The molecule has 3 fully saturated rings. The second-order valence-corrected chi connectivity index (χ2v) is 13.0. The number of ether oxygens (including phenoxy) is 4. The lowest BCUT2D eigenvalue weighted by atomic mass is 9.86. The highest BCUT2D eigenvalue weighted by Crippen LogP contribution is 2.36. The molecule has 0 unspecified atom stereocenters. The van der Waals surface area contributed by atoms with Gasteiger partial charge in [-0.05, 0) is 73.3 Å². The predicted octanol–water partition coefficient (Wildman–Crippen LogP) is 6.58. The highest BCUT2D eigenvalue weighted by molar-refractivity contribution is 6.35. The Morgan fingerprint density at radius 3 is 2.29 bits per heavy atom. The number of hydrogen-bond donors (Lipinski definition) is 1. The van der Waals surface area contributed by atoms with Crippen molar-refractivity contribution in [3.8, 4) is 11.5 Å². The molecule has 3 aromatic carbocycles. The minimum absolute atomic E-state index is 0.0686. The topological polar surface area (TPSA) is 113 Å². The van der Waals surface area contributed by atoms with Gasteiger partial charge in [0.25, 0.3) is 0 Å². The highest BCUT2D eigenvalue weighted by Gasteiger charge is 2.38. The van der Waals surface area contributed by atoms with Crippen LogP contribution in [0.4, 0.5) is 5.69 Å². The Balaban J connectivity index is 1.25. The SMILES string of the molecule is COc1ccc([C@H](Cc2c(Cl)c[n+]([O-])cc2Cl)OC(=O)c2cccc(N[C@H](C(=O)O[C@H]3CN4CCC3CC4)c3ccccc3)c2)cc1OC. The first-order valence-corrected chi connectivity index (χ1v) is 16.8. The first-order chi connectivity index (χ1) is 23.7. The normalized spacial score (nSPS) is 19.4. The number of carbonyl (C=O) groups is 2. The molecule has 256 valence electrons. The van der Waals surface area contributed by atoms with E-state index in [4.69, 9.17) is 42.1 Å². The molecule has 4 aromatic rings. The number of benzene rings is 3. The van der Waals surface area contributed by atoms with Gasteiger partial charge in [-0.25, -0.2) is 9.59 Å². The van der Waals surface area contributed by atoms with Gasteiger partial charge in [0.1, 0.15) is 22.3 Å². The van der Waals surface area contributed by atoms with Crippen LogP contribution in [0.15, 0.2) is 85.2 Å². The number of hydrogen-bond acceptors (Lipinski definition) is 9. The molecule has 1 N–H and O–H groups in total. The summed E-state index contributed by atoms with van der Waals surface area (Å²) in [6, 6.07) is 20.5. The molecule has 49 heavy (non-hydrogen) atoms. The van der Waals surface area contributed by atoms with Crippen LogP contribution in [0.1, 0.15) is 52.0 Å². The number of esters is 2. The average molecular weight is 707 g/mol. The maximum absolute atomic E-state index is 13.8. The molecule has 0 saturated carbocycles. The lowest BCUT2D eigenvalue weighted by molar-refractivity contribution is -0.605. The summed E-state index contributed by atoms with van der Waals surface area (Å²) >= 11 is 12.8. The number of aromatic nitrogens is 1. The van der Waals surface area contributed by atoms with Crippen molar-refractivity contribution >= 4 is 40.8 Å². The average Bonchev–Trinajstić information content (AvgIpc) is 3.12. The van der Waals surface area contributed by atoms with E-state index in [1.807, 2.05) is 30.3 Å². The zero-order chi connectivity index (χ0) is 34.5. The zero-order valence-corrected chi connectivity index (χ0v) is 28.7. The van der Waals surface area contributed by atoms with Crippen LogP contribution in [-0.2, 0) is 20.7 Å². The molecule has 10 nitrogen and oxygen atoms in total. The molecular weight excluding hydrogens is 669 g/mol. The highest BCUT2D eigenvalue weighted by atomic mass is 35.5. The van der Waals surface area contributed by atoms with Crippen molar-refractivity contribution < 1.29 is 33.3 Å². The summed E-state index contributed by atoms with van der Waals surface area (Å²) in [6.45, 7) is 2.83. The third kappa shape index (κ3) is 8.04. The summed E-state index contributed by atoms with van der Waals surface area (Å²) in [5.41, 5.74) is 2.55. The maximum atomic E-state index is 13.8. The maximum Gasteiger partial charge on any atom is 0.338 e. The molecule has 0 amide bonds. The minimum atomic E-state index is -0.880. The van der Waals surface area contributed by atoms with Crippen LogP contribution >= 0.6 is 23.2 Å². The largest absolute Gasteiger partial charge is 0.619 e. The predicted molar refractivity (Wildman–Crippen MR) is 185 cm³/mol. The lowest BCUT2D eigenvalue weighted by Gasteiger charge is -2.44. The van der Waals surface area contributed by atoms with E-state index in [1.165, 1.54) is 26.6 Å². The third-order valence-corrected chi connectivity index (χ3v) is 9.77. The fourth-order valence-electron chi connectivity index (χ4n) is 6.48. The Morgan fingerprint density at radius 2 is 1.63 bits per heavy atom. The smallest absolute Gasteiger partial charge is 0.338 e. The summed E-state index contributed by atoms with van der Waals surface area (Å²) in [5.74, 6) is 0.299. The standard InChI is InChI=1S/C37H37Cl2N3O7/c1-46-31-12-11-25(18-33(31)47-2)32(19-28-29(38)20-42(45)21-30(28)39)48-36(43)26-9-6-10-27(17-26)40-35(24-7-4-3-5-8-24)37(44)49-34-22-41-15-13-23(34)14-16-41/h3-12,17-18,20-21,23,32,34-35,40H,13-16,19,22H2,1-2H3/t32-,34-,35-/m0/s1. The number of carbonyl (C=O) groups excluding carboxylic acids is 2. The number of nitrogens with one attached hydrogen (secondary N) is 1. The van der Waals surface area contributed by atoms with Crippen molar-refractivity contribution in [3.05, 3.63) is 123 Å². The van der Waals surface area contributed by atoms with Crippen LogP contribution in [0.5, 0.6) is 11.5 Å². The fraction of sp³-hybridized carbons (Fsp3) is 0.324. The third-order valence-electron chi connectivity index (χ3n) is 9.12. The molecule has 0 spiro atoms. The summed E-state index contributed by atoms with van der Waals surface area (Å²) in [5, 5.41) is 15.5. The van der Waals surface area contributed by atoms with Gasteiger partial charge in [-0.15, -0.1) is 0 Å². The Morgan fingerprint density at radius 1 is 0.918 bits per heavy atom. The molecule has 3 saturated heterocycles. The molecule has 4 heterocycles. The summed E-state index contributed by atoms with van der Waals surface area (Å²) < 4.78 is 23.6. The van der Waals surface area contributed by atoms with Crippen LogP contribution < -0.4 is 19.5 Å². The number of halogens is 2. The van der Waals surface area contributed by atoms with Crippen molar-refractivity contribution in [2.45, 2.75) is 37.5 Å². The van der Waals surface area contributed by atoms with Gasteiger partial charge < -0.3 is 29.5 Å². The number of nitrogens with zero attached hydrogens (tertiary/aromatic N) is 2. The number of anilines is 1. The number of methoxy groups -OCH3 is 2. The second kappa shape index (κ2) is 15.4. The van der Waals surface area contributed by atoms with E-state index in [0.29, 0.717) is 39.0 Å². The van der Waals surface area contributed by atoms with E-state index >= 15 is 0 Å². The van der Waals surface area contributed by atoms with Crippen LogP contribution in [-0.4, -0.2) is 56.8 Å². The van der Waals surface area contributed by atoms with Gasteiger partial charge in [-0.2, -0.15) is 4.73 Å². The fourth-order valence-corrected chi connectivity index (χ4v) is 7.08. The lowest BCUT2D eigenvalue weighted by Crippen LogP contribution is -2.52. The van der Waals surface area contributed by atoms with Gasteiger partial charge in [-0.3, -0.25) is 4.90 Å². The van der Waals surface area contributed by atoms with E-state index in [0.717, 1.165) is 38.0 Å². The Labute approximate surface area is 295 Å². The van der Waals surface area contributed by atoms with Crippen molar-refractivity contribution in [3.63, 3.8) is 0 Å². The van der Waals surface area contributed by atoms with Crippen molar-refractivity contribution in [1.29, 1.82) is 0 Å². The molecule has 2 bridgehead atoms. The van der Waals surface area contributed by atoms with E-state index in [-0.39, 0.29) is 34.1 Å². The number of pyridine rings is 1. The van der Waals surface area contributed by atoms with Gasteiger partial charge >= 0.3 is 11.9 Å². The molecule has 3 atom stereocenters. The molecule has 1 aromatic heterocycles. The first kappa shape index (κ1) is 34.4. The van der Waals surface area contributed by atoms with E-state index in [1.54, 1.807) is 42.5 Å². The van der Waals surface area contributed by atoms with Crippen LogP contribution in [0.2, 0.25) is 10.0 Å². The number of fused-ring (bicyclic) bond motifs is 3. The van der Waals surface area contributed by atoms with Crippen LogP contribution in [0, 0.1) is 11.1 Å². The Hall–Kier alpha value is -4.51. The number of piperidine rings is 3. The van der Waals surface area contributed by atoms with Crippen molar-refractivity contribution in [2.75, 3.05) is 39.2 Å². The molecule has 0 radical (unpaired) electrons. The van der Waals surface area contributed by atoms with Gasteiger partial charge in [-0.1, -0.05) is 65.7 Å². The van der Waals surface area contributed by atoms with Crippen molar-refractivity contribution in [1.82, 2.24) is 4.90 Å². The van der Waals surface area contributed by atoms with E-state index < -0.39 is 18.1 Å². The first-order valence-electron chi connectivity index (χ1n) is 16.1. The molecule has 12 heteroatoms. The monoisotopic (exact) mass is 705 g/mol. The summed E-state index contributed by atoms with van der Waals surface area (Å²) in [4.78, 5) is 29.8. The zero-order valence-electron chi connectivity index (χ0n) is 27.1. The quantitative estimate of drug-likeness (QED) is 0.0993. The molecule has 3 aliphatic heterocycles. The Kier molecular flexibility index (Phi) is 10.8. The minimum Gasteiger partial charge on any atom is -0.619 e. The molecule has 7 rings (SSSR count). The second-order valence-electron chi connectivity index (χ2n) is 12.2.